The summed E-state index contributed by atoms with van der Waals surface area (Å²) in [5, 5.41) is 7.73. The second-order valence-corrected chi connectivity index (χ2v) is 10.5. The molecule has 190 valence electrons. The van der Waals surface area contributed by atoms with Gasteiger partial charge in [0.05, 0.1) is 0 Å². The lowest BCUT2D eigenvalue weighted by atomic mass is 10.0. The smallest absolute Gasteiger partial charge is 0.355 e. The molecule has 2 amide bonds. The highest BCUT2D eigenvalue weighted by atomic mass is 32.2. The molecule has 2 aliphatic heterocycles. The van der Waals surface area contributed by atoms with Gasteiger partial charge in [0, 0.05) is 23.6 Å². The van der Waals surface area contributed by atoms with Gasteiger partial charge in [0.25, 0.3) is 11.8 Å². The summed E-state index contributed by atoms with van der Waals surface area (Å²) in [5.41, 5.74) is 5.44. The molecular formula is C21H27N5O7S2. The largest absolute Gasteiger partial charge is 0.461 e. The number of ether oxygens (including phenoxy) is 2. The number of amides is 2. The van der Waals surface area contributed by atoms with Crippen molar-refractivity contribution in [3.63, 3.8) is 0 Å². The summed E-state index contributed by atoms with van der Waals surface area (Å²) in [5.74, 6) is -2.11. The molecule has 3 rings (SSSR count). The number of hydrogen-bond donors (Lipinski definition) is 2. The topological polar surface area (TPSA) is 163 Å². The van der Waals surface area contributed by atoms with Gasteiger partial charge in [-0.05, 0) is 27.7 Å². The maximum atomic E-state index is 13.1. The molecule has 0 unspecified atom stereocenters. The molecular weight excluding hydrogens is 498 g/mol. The van der Waals surface area contributed by atoms with Crippen LogP contribution in [0.3, 0.4) is 0 Å². The second-order valence-electron chi connectivity index (χ2n) is 8.52. The number of nitrogen functional groups attached to an aromatic ring is 1. The zero-order valence-corrected chi connectivity index (χ0v) is 21.6. The number of carbonyl (C=O) groups is 4. The van der Waals surface area contributed by atoms with Crippen molar-refractivity contribution >= 4 is 57.7 Å². The van der Waals surface area contributed by atoms with Gasteiger partial charge in [0.15, 0.2) is 10.8 Å². The minimum absolute atomic E-state index is 0.0240. The Morgan fingerprint density at radius 1 is 1.34 bits per heavy atom. The maximum Gasteiger partial charge on any atom is 0.355 e. The fraction of sp³-hybridized carbons (Fsp3) is 0.524. The molecule has 0 aliphatic carbocycles. The van der Waals surface area contributed by atoms with Crippen LogP contribution in [0.2, 0.25) is 0 Å². The zero-order chi connectivity index (χ0) is 25.9. The molecule has 0 aromatic carbocycles. The normalized spacial score (nSPS) is 20.1. The third kappa shape index (κ3) is 6.11. The van der Waals surface area contributed by atoms with E-state index in [1.807, 2.05) is 0 Å². The fourth-order valence-electron chi connectivity index (χ4n) is 3.24. The van der Waals surface area contributed by atoms with E-state index in [1.165, 1.54) is 23.6 Å². The molecule has 3 heterocycles. The van der Waals surface area contributed by atoms with Gasteiger partial charge in [-0.2, -0.15) is 0 Å². The highest BCUT2D eigenvalue weighted by Gasteiger charge is 2.55. The van der Waals surface area contributed by atoms with Crippen LogP contribution in [0.1, 0.15) is 40.3 Å². The van der Waals surface area contributed by atoms with E-state index in [9.17, 15) is 19.2 Å². The predicted molar refractivity (Wildman–Crippen MR) is 129 cm³/mol. The van der Waals surface area contributed by atoms with Gasteiger partial charge in [-0.1, -0.05) is 5.16 Å². The number of nitrogens with zero attached hydrogens (tertiary/aromatic N) is 3. The van der Waals surface area contributed by atoms with Gasteiger partial charge < -0.3 is 25.4 Å². The minimum Gasteiger partial charge on any atom is -0.461 e. The Hall–Kier alpha value is -3.13. The van der Waals surface area contributed by atoms with Crippen molar-refractivity contribution in [2.45, 2.75) is 51.6 Å². The molecule has 12 nitrogen and oxygen atoms in total. The molecule has 35 heavy (non-hydrogen) atoms. The van der Waals surface area contributed by atoms with Crippen LogP contribution in [0.15, 0.2) is 21.8 Å². The number of esters is 2. The Kier molecular flexibility index (Phi) is 8.05. The summed E-state index contributed by atoms with van der Waals surface area (Å²) in [6, 6.07) is -0.928. The number of hydrogen-bond acceptors (Lipinski definition) is 12. The van der Waals surface area contributed by atoms with Crippen LogP contribution in [-0.4, -0.2) is 75.3 Å². The molecule has 0 saturated carbocycles. The highest BCUT2D eigenvalue weighted by molar-refractivity contribution is 8.00. The molecule has 1 aromatic heterocycles. The Labute approximate surface area is 210 Å². The number of anilines is 1. The van der Waals surface area contributed by atoms with Gasteiger partial charge in [-0.15, -0.1) is 23.1 Å². The molecule has 1 fully saturated rings. The second kappa shape index (κ2) is 10.6. The van der Waals surface area contributed by atoms with E-state index >= 15 is 0 Å². The van der Waals surface area contributed by atoms with Crippen molar-refractivity contribution < 1.29 is 33.5 Å². The summed E-state index contributed by atoms with van der Waals surface area (Å²) < 4.78 is 10.6. The van der Waals surface area contributed by atoms with Crippen LogP contribution >= 0.6 is 23.1 Å². The van der Waals surface area contributed by atoms with Gasteiger partial charge in [0.1, 0.15) is 41.6 Å². The molecule has 0 bridgehead atoms. The Morgan fingerprint density at radius 2 is 2.06 bits per heavy atom. The molecule has 2 atom stereocenters. The molecule has 3 N–H and O–H groups in total. The molecule has 14 heteroatoms. The Morgan fingerprint density at radius 3 is 2.63 bits per heavy atom. The van der Waals surface area contributed by atoms with Crippen LogP contribution in [-0.2, 0) is 33.5 Å². The third-order valence-electron chi connectivity index (χ3n) is 4.64. The number of carbonyl (C=O) groups excluding carboxylic acids is 4. The van der Waals surface area contributed by atoms with Gasteiger partial charge in [-0.25, -0.2) is 9.78 Å². The fourth-order valence-corrected chi connectivity index (χ4v) is 5.11. The Balaban J connectivity index is 1.83. The lowest BCUT2D eigenvalue weighted by Gasteiger charge is -2.49. The number of rotatable bonds is 8. The number of aromatic nitrogens is 1. The van der Waals surface area contributed by atoms with Crippen molar-refractivity contribution in [2.24, 2.45) is 5.16 Å². The quantitative estimate of drug-likeness (QED) is 0.217. The number of nitrogens with one attached hydrogen (secondary N) is 1. The van der Waals surface area contributed by atoms with E-state index in [2.05, 4.69) is 15.5 Å². The van der Waals surface area contributed by atoms with Gasteiger partial charge in [-0.3, -0.25) is 19.3 Å². The first-order chi connectivity index (χ1) is 16.4. The van der Waals surface area contributed by atoms with Crippen molar-refractivity contribution in [3.05, 3.63) is 22.3 Å². The van der Waals surface area contributed by atoms with Crippen molar-refractivity contribution in [2.75, 3.05) is 24.7 Å². The lowest BCUT2D eigenvalue weighted by Crippen LogP contribution is -2.71. The number of β-lactam (4-membered cyclic amide) rings is 1. The van der Waals surface area contributed by atoms with E-state index < -0.39 is 40.8 Å². The van der Waals surface area contributed by atoms with E-state index in [0.29, 0.717) is 11.3 Å². The van der Waals surface area contributed by atoms with Crippen LogP contribution < -0.4 is 11.1 Å². The summed E-state index contributed by atoms with van der Waals surface area (Å²) in [6.45, 7) is 8.15. The molecule has 0 spiro atoms. The van der Waals surface area contributed by atoms with E-state index in [-0.39, 0.29) is 35.4 Å². The molecule has 1 saturated heterocycles. The average Bonchev–Trinajstić information content (AvgIpc) is 3.20. The number of fused-ring (bicyclic) bond motifs is 1. The lowest BCUT2D eigenvalue weighted by molar-refractivity contribution is -0.159. The van der Waals surface area contributed by atoms with Crippen molar-refractivity contribution in [1.82, 2.24) is 15.2 Å². The standard InChI is InChI=1S/C21H27N5O7S2/c1-6-32-25-13(12-9-35-20(22)23-12)16(28)24-14-17(29)26-15(19(30)33-21(3,4)5)11(7-31-10(2)27)8-34-18(14)26/h9,14,18H,6-8H2,1-5H3,(H2,22,23)(H,24,28)/t14-,18-/m1/s1. The van der Waals surface area contributed by atoms with Crippen molar-refractivity contribution in [3.8, 4) is 0 Å². The van der Waals surface area contributed by atoms with E-state index in [0.717, 1.165) is 11.3 Å². The highest BCUT2D eigenvalue weighted by Crippen LogP contribution is 2.41. The monoisotopic (exact) mass is 525 g/mol. The molecule has 2 aliphatic rings. The summed E-state index contributed by atoms with van der Waals surface area (Å²) in [6.07, 6.45) is 0. The predicted octanol–water partition coefficient (Wildman–Crippen LogP) is 1.02. The third-order valence-corrected chi connectivity index (χ3v) is 6.65. The van der Waals surface area contributed by atoms with Crippen molar-refractivity contribution in [1.29, 1.82) is 0 Å². The SMILES string of the molecule is CCON=C(C(=O)N[C@@H]1C(=O)N2C(C(=O)OC(C)(C)C)=C(COC(C)=O)CS[C@H]12)c1csc(N)n1. The first-order valence-corrected chi connectivity index (χ1v) is 12.6. The number of nitrogens with two attached hydrogens (primary N) is 1. The minimum atomic E-state index is -0.928. The average molecular weight is 526 g/mol. The number of thioether (sulfide) groups is 1. The van der Waals surface area contributed by atoms with Crippen LogP contribution in [0, 0.1) is 0 Å². The first-order valence-electron chi connectivity index (χ1n) is 10.7. The summed E-state index contributed by atoms with van der Waals surface area (Å²) >= 11 is 2.46. The first kappa shape index (κ1) is 26.5. The number of oxime groups is 1. The molecule has 0 radical (unpaired) electrons. The van der Waals surface area contributed by atoms with E-state index in [4.69, 9.17) is 20.0 Å². The van der Waals surface area contributed by atoms with Crippen LogP contribution in [0.4, 0.5) is 5.13 Å². The molecule has 1 aromatic rings. The van der Waals surface area contributed by atoms with E-state index in [1.54, 1.807) is 33.1 Å². The zero-order valence-electron chi connectivity index (χ0n) is 19.9. The Bertz CT molecular complexity index is 1090. The van der Waals surface area contributed by atoms with Gasteiger partial charge >= 0.3 is 11.9 Å². The van der Waals surface area contributed by atoms with Crippen LogP contribution in [0.25, 0.3) is 0 Å². The summed E-state index contributed by atoms with van der Waals surface area (Å²) in [7, 11) is 0. The van der Waals surface area contributed by atoms with Crippen LogP contribution in [0.5, 0.6) is 0 Å². The maximum absolute atomic E-state index is 13.1. The summed E-state index contributed by atoms with van der Waals surface area (Å²) in [4.78, 5) is 60.8. The number of thiazole rings is 1. The van der Waals surface area contributed by atoms with Gasteiger partial charge in [0.2, 0.25) is 0 Å².